The first-order valence-electron chi connectivity index (χ1n) is 6.08. The van der Waals surface area contributed by atoms with E-state index in [1.165, 1.54) is 18.2 Å². The number of ether oxygens (including phenoxy) is 1. The van der Waals surface area contributed by atoms with Gasteiger partial charge in [0.05, 0.1) is 9.92 Å². The maximum atomic E-state index is 11.2. The molecule has 2 aromatic rings. The van der Waals surface area contributed by atoms with E-state index in [1.54, 1.807) is 0 Å². The molecule has 0 aliphatic heterocycles. The average Bonchev–Trinajstić information content (AvgIpc) is 2.84. The molecular weight excluding hydrogens is 339 g/mol. The van der Waals surface area contributed by atoms with Crippen molar-refractivity contribution >= 4 is 31.3 Å². The van der Waals surface area contributed by atoms with Crippen LogP contribution in [-0.4, -0.2) is 18.6 Å². The fourth-order valence-electron chi connectivity index (χ4n) is 1.56. The standard InChI is InChI=1S/C12H12Cl2N2O4S/c1-2-3-11-15-12(20-16-11)7-19-10-5-4-8(6-9(10)13)21(14,17)18/h4-6H,2-3,7H2,1H3. The lowest BCUT2D eigenvalue weighted by atomic mass is 10.3. The number of aryl methyl sites for hydroxylation is 1. The van der Waals surface area contributed by atoms with Gasteiger partial charge in [0.15, 0.2) is 12.4 Å². The Hall–Kier alpha value is -1.31. The van der Waals surface area contributed by atoms with Crippen LogP contribution in [0.15, 0.2) is 27.6 Å². The van der Waals surface area contributed by atoms with E-state index in [2.05, 4.69) is 10.1 Å². The monoisotopic (exact) mass is 350 g/mol. The maximum Gasteiger partial charge on any atom is 0.264 e. The Bertz CT molecular complexity index is 731. The first-order valence-corrected chi connectivity index (χ1v) is 8.77. The second kappa shape index (κ2) is 6.64. The molecule has 6 nitrogen and oxygen atoms in total. The van der Waals surface area contributed by atoms with Crippen LogP contribution in [0.3, 0.4) is 0 Å². The molecule has 114 valence electrons. The topological polar surface area (TPSA) is 82.3 Å². The van der Waals surface area contributed by atoms with Crippen molar-refractivity contribution in [3.63, 3.8) is 0 Å². The molecule has 9 heteroatoms. The van der Waals surface area contributed by atoms with Crippen LogP contribution < -0.4 is 4.74 Å². The molecule has 1 aromatic heterocycles. The predicted octanol–water partition coefficient (Wildman–Crippen LogP) is 3.18. The molecule has 21 heavy (non-hydrogen) atoms. The Morgan fingerprint density at radius 2 is 2.14 bits per heavy atom. The molecule has 0 fully saturated rings. The molecule has 0 radical (unpaired) electrons. The average molecular weight is 351 g/mol. The molecule has 0 aliphatic rings. The highest BCUT2D eigenvalue weighted by atomic mass is 35.7. The molecular formula is C12H12Cl2N2O4S. The molecule has 0 saturated heterocycles. The van der Waals surface area contributed by atoms with E-state index in [0.29, 0.717) is 17.5 Å². The number of nitrogens with zero attached hydrogens (tertiary/aromatic N) is 2. The van der Waals surface area contributed by atoms with Crippen molar-refractivity contribution in [1.82, 2.24) is 10.1 Å². The van der Waals surface area contributed by atoms with Crippen LogP contribution in [0.4, 0.5) is 0 Å². The van der Waals surface area contributed by atoms with Crippen molar-refractivity contribution in [1.29, 1.82) is 0 Å². The summed E-state index contributed by atoms with van der Waals surface area (Å²) in [5.41, 5.74) is 0. The van der Waals surface area contributed by atoms with Crippen LogP contribution in [0.5, 0.6) is 5.75 Å². The molecule has 0 aliphatic carbocycles. The molecule has 0 N–H and O–H groups in total. The number of aromatic nitrogens is 2. The maximum absolute atomic E-state index is 11.2. The van der Waals surface area contributed by atoms with E-state index in [9.17, 15) is 8.42 Å². The summed E-state index contributed by atoms with van der Waals surface area (Å²) >= 11 is 5.94. The van der Waals surface area contributed by atoms with E-state index in [4.69, 9.17) is 31.5 Å². The summed E-state index contributed by atoms with van der Waals surface area (Å²) in [5, 5.41) is 3.92. The van der Waals surface area contributed by atoms with Gasteiger partial charge in [0.1, 0.15) is 5.75 Å². The second-order valence-electron chi connectivity index (χ2n) is 4.17. The van der Waals surface area contributed by atoms with Gasteiger partial charge in [0.25, 0.3) is 14.9 Å². The van der Waals surface area contributed by atoms with Crippen LogP contribution in [0.25, 0.3) is 0 Å². The van der Waals surface area contributed by atoms with E-state index in [-0.39, 0.29) is 16.5 Å². The fraction of sp³-hybridized carbons (Fsp3) is 0.333. The number of rotatable bonds is 6. The molecule has 2 rings (SSSR count). The van der Waals surface area contributed by atoms with Crippen LogP contribution in [0.1, 0.15) is 25.1 Å². The van der Waals surface area contributed by atoms with E-state index >= 15 is 0 Å². The number of hydrogen-bond acceptors (Lipinski definition) is 6. The minimum Gasteiger partial charge on any atom is -0.482 e. The van der Waals surface area contributed by atoms with Crippen molar-refractivity contribution in [2.24, 2.45) is 0 Å². The number of benzene rings is 1. The van der Waals surface area contributed by atoms with Gasteiger partial charge in [-0.15, -0.1) is 0 Å². The second-order valence-corrected chi connectivity index (χ2v) is 7.15. The van der Waals surface area contributed by atoms with Crippen molar-refractivity contribution < 1.29 is 17.7 Å². The van der Waals surface area contributed by atoms with Gasteiger partial charge in [-0.25, -0.2) is 8.42 Å². The lowest BCUT2D eigenvalue weighted by molar-refractivity contribution is 0.242. The van der Waals surface area contributed by atoms with Gasteiger partial charge in [-0.1, -0.05) is 23.7 Å². The highest BCUT2D eigenvalue weighted by molar-refractivity contribution is 8.13. The fourth-order valence-corrected chi connectivity index (χ4v) is 2.64. The van der Waals surface area contributed by atoms with Gasteiger partial charge in [-0.2, -0.15) is 4.98 Å². The summed E-state index contributed by atoms with van der Waals surface area (Å²) in [4.78, 5) is 4.05. The van der Waals surface area contributed by atoms with Crippen molar-refractivity contribution in [3.8, 4) is 5.75 Å². The molecule has 1 heterocycles. The lowest BCUT2D eigenvalue weighted by Gasteiger charge is -2.06. The van der Waals surface area contributed by atoms with E-state index < -0.39 is 9.05 Å². The summed E-state index contributed by atoms with van der Waals surface area (Å²) < 4.78 is 32.8. The first-order chi connectivity index (χ1) is 9.90. The van der Waals surface area contributed by atoms with Gasteiger partial charge in [-0.05, 0) is 24.6 Å². The van der Waals surface area contributed by atoms with Crippen LogP contribution in [0.2, 0.25) is 5.02 Å². The van der Waals surface area contributed by atoms with Gasteiger partial charge < -0.3 is 9.26 Å². The third kappa shape index (κ3) is 4.33. The van der Waals surface area contributed by atoms with Crippen molar-refractivity contribution in [2.45, 2.75) is 31.3 Å². The first kappa shape index (κ1) is 16.1. The zero-order valence-electron chi connectivity index (χ0n) is 11.0. The lowest BCUT2D eigenvalue weighted by Crippen LogP contribution is -1.98. The number of hydrogen-bond donors (Lipinski definition) is 0. The molecule has 0 spiro atoms. The largest absolute Gasteiger partial charge is 0.482 e. The van der Waals surface area contributed by atoms with Crippen molar-refractivity contribution in [3.05, 3.63) is 34.9 Å². The highest BCUT2D eigenvalue weighted by Crippen LogP contribution is 2.29. The third-order valence-corrected chi connectivity index (χ3v) is 4.17. The molecule has 0 saturated carbocycles. The number of halogens is 2. The van der Waals surface area contributed by atoms with Gasteiger partial charge >= 0.3 is 0 Å². The van der Waals surface area contributed by atoms with Crippen LogP contribution in [-0.2, 0) is 22.1 Å². The highest BCUT2D eigenvalue weighted by Gasteiger charge is 2.14. The molecule has 0 unspecified atom stereocenters. The summed E-state index contributed by atoms with van der Waals surface area (Å²) in [5.74, 6) is 1.24. The third-order valence-electron chi connectivity index (χ3n) is 2.52. The van der Waals surface area contributed by atoms with Gasteiger partial charge in [-0.3, -0.25) is 0 Å². The molecule has 0 amide bonds. The Labute approximate surface area is 131 Å². The molecule has 0 bridgehead atoms. The Morgan fingerprint density at radius 1 is 1.38 bits per heavy atom. The van der Waals surface area contributed by atoms with Crippen LogP contribution >= 0.6 is 22.3 Å². The summed E-state index contributed by atoms with van der Waals surface area (Å²) in [6.07, 6.45) is 1.65. The van der Waals surface area contributed by atoms with Crippen LogP contribution in [0, 0.1) is 0 Å². The Morgan fingerprint density at radius 3 is 2.76 bits per heavy atom. The minimum atomic E-state index is -3.82. The molecule has 1 aromatic carbocycles. The zero-order chi connectivity index (χ0) is 15.5. The summed E-state index contributed by atoms with van der Waals surface area (Å²) in [7, 11) is 1.41. The van der Waals surface area contributed by atoms with E-state index in [0.717, 1.165) is 12.8 Å². The Balaban J connectivity index is 2.06. The smallest absolute Gasteiger partial charge is 0.264 e. The SMILES string of the molecule is CCCc1noc(COc2ccc(S(=O)(=O)Cl)cc2Cl)n1. The predicted molar refractivity (Wildman–Crippen MR) is 77.1 cm³/mol. The van der Waals surface area contributed by atoms with Crippen molar-refractivity contribution in [2.75, 3.05) is 0 Å². The summed E-state index contributed by atoms with van der Waals surface area (Å²) in [6, 6.07) is 3.94. The zero-order valence-corrected chi connectivity index (χ0v) is 13.4. The minimum absolute atomic E-state index is 0.0450. The normalized spacial score (nSPS) is 11.6. The molecule has 0 atom stereocenters. The van der Waals surface area contributed by atoms with E-state index in [1.807, 2.05) is 6.92 Å². The quantitative estimate of drug-likeness (QED) is 0.744. The van der Waals surface area contributed by atoms with Gasteiger partial charge in [0.2, 0.25) is 0 Å². The Kier molecular flexibility index (Phi) is 5.08. The van der Waals surface area contributed by atoms with Gasteiger partial charge in [0, 0.05) is 17.1 Å². The summed E-state index contributed by atoms with van der Waals surface area (Å²) in [6.45, 7) is 2.06.